The van der Waals surface area contributed by atoms with Gasteiger partial charge in [-0.05, 0) is 30.3 Å². The highest BCUT2D eigenvalue weighted by Gasteiger charge is 2.15. The molecule has 0 aliphatic heterocycles. The molecule has 0 unspecified atom stereocenters. The lowest BCUT2D eigenvalue weighted by molar-refractivity contribution is -0.120. The first kappa shape index (κ1) is 13.0. The molecule has 0 amide bonds. The molecule has 0 radical (unpaired) electrons. The van der Waals surface area contributed by atoms with Crippen LogP contribution in [0.2, 0.25) is 0 Å². The number of ether oxygens (including phenoxy) is 1. The molecule has 6 nitrogen and oxygen atoms in total. The molecule has 1 aromatic carbocycles. The van der Waals surface area contributed by atoms with Gasteiger partial charge in [0.25, 0.3) is 12.0 Å². The van der Waals surface area contributed by atoms with Crippen LogP contribution in [0.3, 0.4) is 0 Å². The van der Waals surface area contributed by atoms with Crippen LogP contribution in [-0.2, 0) is 11.8 Å². The fourth-order valence-electron chi connectivity index (χ4n) is 2.20. The summed E-state index contributed by atoms with van der Waals surface area (Å²) in [6.07, 6.45) is 1.55. The topological polar surface area (TPSA) is 66.1 Å². The highest BCUT2D eigenvalue weighted by atomic mass is 19.1. The minimum Gasteiger partial charge on any atom is -0.423 e. The van der Waals surface area contributed by atoms with Gasteiger partial charge in [0, 0.05) is 12.4 Å². The molecule has 0 spiro atoms. The van der Waals surface area contributed by atoms with Gasteiger partial charge in [0.2, 0.25) is 0 Å². The van der Waals surface area contributed by atoms with Crippen LogP contribution in [-0.4, -0.2) is 20.8 Å². The van der Waals surface area contributed by atoms with Crippen molar-refractivity contribution in [1.82, 2.24) is 14.3 Å². The SMILES string of the molecule is Cn1ncc2cc(OC=O)c(=O)n(-c3ccc(F)cc3)c21. The summed E-state index contributed by atoms with van der Waals surface area (Å²) in [6, 6.07) is 6.87. The van der Waals surface area contributed by atoms with Gasteiger partial charge in [-0.2, -0.15) is 5.10 Å². The molecule has 2 aromatic heterocycles. The molecular formula is C14H10FN3O3. The molecule has 2 heterocycles. The van der Waals surface area contributed by atoms with Crippen molar-refractivity contribution in [2.45, 2.75) is 0 Å². The molecule has 0 saturated heterocycles. The molecule has 0 fully saturated rings. The van der Waals surface area contributed by atoms with Gasteiger partial charge in [0.1, 0.15) is 11.5 Å². The third kappa shape index (κ3) is 2.08. The number of rotatable bonds is 3. The van der Waals surface area contributed by atoms with Crippen LogP contribution in [0.5, 0.6) is 5.75 Å². The summed E-state index contributed by atoms with van der Waals surface area (Å²) >= 11 is 0. The van der Waals surface area contributed by atoms with E-state index in [1.165, 1.54) is 39.6 Å². The predicted molar refractivity (Wildman–Crippen MR) is 73.0 cm³/mol. The Labute approximate surface area is 118 Å². The largest absolute Gasteiger partial charge is 0.423 e. The van der Waals surface area contributed by atoms with E-state index >= 15 is 0 Å². The van der Waals surface area contributed by atoms with Crippen molar-refractivity contribution in [3.05, 3.63) is 52.7 Å². The molecule has 0 aliphatic carbocycles. The van der Waals surface area contributed by atoms with Crippen molar-refractivity contribution in [3.63, 3.8) is 0 Å². The summed E-state index contributed by atoms with van der Waals surface area (Å²) < 4.78 is 20.6. The van der Waals surface area contributed by atoms with Crippen LogP contribution < -0.4 is 10.3 Å². The number of hydrogen-bond acceptors (Lipinski definition) is 4. The van der Waals surface area contributed by atoms with E-state index in [1.807, 2.05) is 0 Å². The molecule has 0 atom stereocenters. The van der Waals surface area contributed by atoms with Crippen LogP contribution in [0, 0.1) is 5.82 Å². The van der Waals surface area contributed by atoms with Crippen molar-refractivity contribution in [3.8, 4) is 11.4 Å². The molecule has 3 aromatic rings. The lowest BCUT2D eigenvalue weighted by Crippen LogP contribution is -2.22. The van der Waals surface area contributed by atoms with E-state index in [2.05, 4.69) is 5.10 Å². The second kappa shape index (κ2) is 4.86. The van der Waals surface area contributed by atoms with Gasteiger partial charge in [0.15, 0.2) is 5.75 Å². The first-order valence-electron chi connectivity index (χ1n) is 6.06. The molecule has 0 bridgehead atoms. The minimum absolute atomic E-state index is 0.116. The molecular weight excluding hydrogens is 277 g/mol. The number of carbonyl (C=O) groups is 1. The number of hydrogen-bond donors (Lipinski definition) is 0. The number of halogens is 1. The lowest BCUT2D eigenvalue weighted by atomic mass is 10.2. The average molecular weight is 287 g/mol. The number of benzene rings is 1. The van der Waals surface area contributed by atoms with Crippen molar-refractivity contribution in [2.75, 3.05) is 0 Å². The van der Waals surface area contributed by atoms with Gasteiger partial charge in [0.05, 0.1) is 11.9 Å². The zero-order chi connectivity index (χ0) is 15.0. The van der Waals surface area contributed by atoms with Crippen molar-refractivity contribution >= 4 is 17.5 Å². The van der Waals surface area contributed by atoms with Gasteiger partial charge >= 0.3 is 0 Å². The third-order valence-electron chi connectivity index (χ3n) is 3.11. The Kier molecular flexibility index (Phi) is 3.02. The van der Waals surface area contributed by atoms with Crippen LogP contribution in [0.4, 0.5) is 4.39 Å². The number of pyridine rings is 1. The number of aryl methyl sites for hydroxylation is 1. The maximum absolute atomic E-state index is 13.1. The summed E-state index contributed by atoms with van der Waals surface area (Å²) in [5.74, 6) is -0.525. The molecule has 3 rings (SSSR count). The first-order valence-corrected chi connectivity index (χ1v) is 6.06. The minimum atomic E-state index is -0.523. The molecule has 0 saturated carbocycles. The van der Waals surface area contributed by atoms with E-state index in [0.29, 0.717) is 16.7 Å². The molecule has 0 N–H and O–H groups in total. The molecule has 21 heavy (non-hydrogen) atoms. The first-order chi connectivity index (χ1) is 10.1. The maximum atomic E-state index is 13.1. The lowest BCUT2D eigenvalue weighted by Gasteiger charge is -2.10. The van der Waals surface area contributed by atoms with Crippen molar-refractivity contribution in [2.24, 2.45) is 7.05 Å². The fraction of sp³-hybridized carbons (Fsp3) is 0.0714. The van der Waals surface area contributed by atoms with Crippen LogP contribution >= 0.6 is 0 Å². The van der Waals surface area contributed by atoms with Gasteiger partial charge in [-0.3, -0.25) is 18.8 Å². The van der Waals surface area contributed by atoms with E-state index in [0.717, 1.165) is 0 Å². The van der Waals surface area contributed by atoms with E-state index in [-0.39, 0.29) is 12.2 Å². The van der Waals surface area contributed by atoms with Gasteiger partial charge in [-0.1, -0.05) is 0 Å². The molecule has 7 heteroatoms. The average Bonchev–Trinajstić information content (AvgIpc) is 2.83. The monoisotopic (exact) mass is 287 g/mol. The van der Waals surface area contributed by atoms with Gasteiger partial charge in [-0.25, -0.2) is 4.39 Å². The molecule has 106 valence electrons. The maximum Gasteiger partial charge on any atom is 0.299 e. The Morgan fingerprint density at radius 2 is 2.00 bits per heavy atom. The number of carbonyl (C=O) groups excluding carboxylic acids is 1. The number of aromatic nitrogens is 3. The fourth-order valence-corrected chi connectivity index (χ4v) is 2.20. The summed E-state index contributed by atoms with van der Waals surface area (Å²) in [5.41, 5.74) is 0.445. The van der Waals surface area contributed by atoms with Crippen molar-refractivity contribution in [1.29, 1.82) is 0 Å². The quantitative estimate of drug-likeness (QED) is 0.683. The summed E-state index contributed by atoms with van der Waals surface area (Å²) in [4.78, 5) is 23.0. The van der Waals surface area contributed by atoms with E-state index in [1.54, 1.807) is 13.2 Å². The Morgan fingerprint density at radius 3 is 2.67 bits per heavy atom. The summed E-state index contributed by atoms with van der Waals surface area (Å²) in [5, 5.41) is 4.70. The Balaban J connectivity index is 2.40. The smallest absolute Gasteiger partial charge is 0.299 e. The third-order valence-corrected chi connectivity index (χ3v) is 3.11. The van der Waals surface area contributed by atoms with E-state index in [4.69, 9.17) is 4.74 Å². The van der Waals surface area contributed by atoms with Crippen LogP contribution in [0.1, 0.15) is 0 Å². The van der Waals surface area contributed by atoms with Crippen LogP contribution in [0.25, 0.3) is 16.7 Å². The predicted octanol–water partition coefficient (Wildman–Crippen LogP) is 1.40. The highest BCUT2D eigenvalue weighted by molar-refractivity contribution is 5.78. The van der Waals surface area contributed by atoms with Gasteiger partial charge in [-0.15, -0.1) is 0 Å². The Morgan fingerprint density at radius 1 is 1.29 bits per heavy atom. The highest BCUT2D eigenvalue weighted by Crippen LogP contribution is 2.20. The number of nitrogens with zero attached hydrogens (tertiary/aromatic N) is 3. The second-order valence-corrected chi connectivity index (χ2v) is 4.39. The van der Waals surface area contributed by atoms with Crippen molar-refractivity contribution < 1.29 is 13.9 Å². The number of fused-ring (bicyclic) bond motifs is 1. The summed E-state index contributed by atoms with van der Waals surface area (Å²) in [7, 11) is 1.68. The van der Waals surface area contributed by atoms with Crippen LogP contribution in [0.15, 0.2) is 41.3 Å². The second-order valence-electron chi connectivity index (χ2n) is 4.39. The standard InChI is InChI=1S/C14H10FN3O3/c1-17-13-9(7-16-17)6-12(21-8-19)14(20)18(13)11-4-2-10(15)3-5-11/h2-8H,1H3. The Hall–Kier alpha value is -2.96. The zero-order valence-electron chi connectivity index (χ0n) is 11.0. The Bertz CT molecular complexity index is 881. The summed E-state index contributed by atoms with van der Waals surface area (Å²) in [6.45, 7) is 0.188. The zero-order valence-corrected chi connectivity index (χ0v) is 11.0. The molecule has 0 aliphatic rings. The van der Waals surface area contributed by atoms with E-state index < -0.39 is 11.4 Å². The van der Waals surface area contributed by atoms with Gasteiger partial charge < -0.3 is 4.74 Å². The van der Waals surface area contributed by atoms with E-state index in [9.17, 15) is 14.0 Å². The normalized spacial score (nSPS) is 10.8.